The molecule has 0 aliphatic carbocycles. The topological polar surface area (TPSA) is 9.23 Å². The van der Waals surface area contributed by atoms with E-state index in [1.54, 1.807) is 0 Å². The maximum absolute atomic E-state index is 6.09. The van der Waals surface area contributed by atoms with Crippen LogP contribution in [0.5, 0.6) is 5.75 Å². The van der Waals surface area contributed by atoms with Gasteiger partial charge in [0.15, 0.2) is 0 Å². The molecule has 3 aromatic carbocycles. The molecule has 0 fully saturated rings. The fraction of sp³-hybridized carbons (Fsp3) is 0.400. The Morgan fingerprint density at radius 3 is 1.79 bits per heavy atom. The predicted molar refractivity (Wildman–Crippen MR) is 151 cm³/mol. The number of alkyl halides is 2. The van der Waals surface area contributed by atoms with Crippen molar-refractivity contribution in [3.8, 4) is 28.0 Å². The second-order valence-electron chi connectivity index (χ2n) is 9.36. The molecule has 0 bridgehead atoms. The molecular weight excluding hydrogens is 536 g/mol. The van der Waals surface area contributed by atoms with E-state index in [4.69, 9.17) is 4.74 Å². The van der Waals surface area contributed by atoms with Gasteiger partial charge in [-0.05, 0) is 63.8 Å². The van der Waals surface area contributed by atoms with Crippen LogP contribution in [0.1, 0.15) is 57.6 Å². The smallest absolute Gasteiger partial charge is 0.119 e. The second-order valence-corrected chi connectivity index (χ2v) is 10.5. The lowest BCUT2D eigenvalue weighted by Gasteiger charge is -2.19. The standard InChI is InChI=1S/C30H36Br2O/c1-22(2)8-7-9-23(3)18-19-33-28-16-14-25(15-17-28)30-27(21-32)13-12-26(20-31)29(30)24-10-5-4-6-11-24/h4-6,10-17,22-23H,7-9,18-21H2,1-3H3. The van der Waals surface area contributed by atoms with Gasteiger partial charge in [0, 0.05) is 10.7 Å². The van der Waals surface area contributed by atoms with E-state index in [1.807, 2.05) is 0 Å². The van der Waals surface area contributed by atoms with E-state index >= 15 is 0 Å². The van der Waals surface area contributed by atoms with Gasteiger partial charge < -0.3 is 4.74 Å². The third kappa shape index (κ3) is 7.45. The zero-order chi connectivity index (χ0) is 23.6. The summed E-state index contributed by atoms with van der Waals surface area (Å²) in [6.45, 7) is 7.73. The summed E-state index contributed by atoms with van der Waals surface area (Å²) in [6, 6.07) is 23.8. The largest absolute Gasteiger partial charge is 0.494 e. The van der Waals surface area contributed by atoms with Crippen molar-refractivity contribution in [1.29, 1.82) is 0 Å². The highest BCUT2D eigenvalue weighted by molar-refractivity contribution is 9.08. The first-order chi connectivity index (χ1) is 16.0. The molecule has 0 N–H and O–H groups in total. The fourth-order valence-corrected chi connectivity index (χ4v) is 5.23. The third-order valence-corrected chi connectivity index (χ3v) is 7.44. The first kappa shape index (κ1) is 26.0. The maximum atomic E-state index is 6.09. The van der Waals surface area contributed by atoms with E-state index in [9.17, 15) is 0 Å². The quantitative estimate of drug-likeness (QED) is 0.196. The summed E-state index contributed by atoms with van der Waals surface area (Å²) in [5, 5.41) is 1.64. The number of benzene rings is 3. The highest BCUT2D eigenvalue weighted by atomic mass is 79.9. The lowest BCUT2D eigenvalue weighted by Crippen LogP contribution is -2.05. The zero-order valence-electron chi connectivity index (χ0n) is 20.1. The molecule has 0 aliphatic rings. The van der Waals surface area contributed by atoms with E-state index in [2.05, 4.69) is 119 Å². The molecule has 3 aromatic rings. The number of rotatable bonds is 12. The van der Waals surface area contributed by atoms with Gasteiger partial charge in [0.25, 0.3) is 0 Å². The molecular formula is C30H36Br2O. The van der Waals surface area contributed by atoms with Crippen molar-refractivity contribution in [2.45, 2.75) is 57.1 Å². The van der Waals surface area contributed by atoms with E-state index < -0.39 is 0 Å². The fourth-order valence-electron chi connectivity index (χ4n) is 4.29. The molecule has 1 nitrogen and oxygen atoms in total. The molecule has 1 atom stereocenters. The van der Waals surface area contributed by atoms with Gasteiger partial charge >= 0.3 is 0 Å². The summed E-state index contributed by atoms with van der Waals surface area (Å²) in [5.41, 5.74) is 7.65. The van der Waals surface area contributed by atoms with Gasteiger partial charge in [-0.1, -0.05) is 126 Å². The molecule has 0 aliphatic heterocycles. The van der Waals surface area contributed by atoms with Gasteiger partial charge in [-0.25, -0.2) is 0 Å². The van der Waals surface area contributed by atoms with Crippen molar-refractivity contribution < 1.29 is 4.74 Å². The lowest BCUT2D eigenvalue weighted by molar-refractivity contribution is 0.276. The molecule has 0 saturated heterocycles. The van der Waals surface area contributed by atoms with Crippen LogP contribution in [-0.4, -0.2) is 6.61 Å². The third-order valence-electron chi connectivity index (χ3n) is 6.23. The molecule has 0 radical (unpaired) electrons. The molecule has 33 heavy (non-hydrogen) atoms. The molecule has 3 rings (SSSR count). The Morgan fingerprint density at radius 1 is 0.667 bits per heavy atom. The van der Waals surface area contributed by atoms with Crippen LogP contribution in [0.4, 0.5) is 0 Å². The average molecular weight is 572 g/mol. The van der Waals surface area contributed by atoms with Crippen LogP contribution in [0.2, 0.25) is 0 Å². The summed E-state index contributed by atoms with van der Waals surface area (Å²) in [4.78, 5) is 0. The average Bonchev–Trinajstić information content (AvgIpc) is 2.84. The van der Waals surface area contributed by atoms with Crippen molar-refractivity contribution in [2.75, 3.05) is 6.61 Å². The molecule has 0 heterocycles. The minimum absolute atomic E-state index is 0.713. The molecule has 3 heteroatoms. The Labute approximate surface area is 217 Å². The Balaban J connectivity index is 1.75. The first-order valence-corrected chi connectivity index (χ1v) is 14.3. The number of hydrogen-bond donors (Lipinski definition) is 0. The molecule has 0 spiro atoms. The van der Waals surface area contributed by atoms with Gasteiger partial charge in [0.2, 0.25) is 0 Å². The molecule has 0 amide bonds. The Morgan fingerprint density at radius 2 is 1.24 bits per heavy atom. The first-order valence-electron chi connectivity index (χ1n) is 12.1. The lowest BCUT2D eigenvalue weighted by atomic mass is 9.88. The second kappa shape index (κ2) is 13.3. The Bertz CT molecular complexity index is 980. The SMILES string of the molecule is CC(C)CCCC(C)CCOc1ccc(-c2c(CBr)ccc(CBr)c2-c2ccccc2)cc1. The van der Waals surface area contributed by atoms with Crippen molar-refractivity contribution in [2.24, 2.45) is 11.8 Å². The normalized spacial score (nSPS) is 12.2. The van der Waals surface area contributed by atoms with Crippen LogP contribution < -0.4 is 4.74 Å². The molecule has 0 saturated carbocycles. The number of ether oxygens (including phenoxy) is 1. The summed E-state index contributed by atoms with van der Waals surface area (Å²) in [7, 11) is 0. The monoisotopic (exact) mass is 570 g/mol. The highest BCUT2D eigenvalue weighted by Crippen LogP contribution is 2.40. The van der Waals surface area contributed by atoms with Crippen LogP contribution >= 0.6 is 31.9 Å². The van der Waals surface area contributed by atoms with Crippen LogP contribution in [0, 0.1) is 11.8 Å². The Hall–Kier alpha value is -1.58. The van der Waals surface area contributed by atoms with Gasteiger partial charge in [-0.2, -0.15) is 0 Å². The van der Waals surface area contributed by atoms with Crippen molar-refractivity contribution in [3.05, 3.63) is 77.9 Å². The summed E-state index contributed by atoms with van der Waals surface area (Å²) in [5.74, 6) is 2.46. The van der Waals surface area contributed by atoms with E-state index in [1.165, 1.54) is 52.6 Å². The maximum Gasteiger partial charge on any atom is 0.119 e. The van der Waals surface area contributed by atoms with Crippen LogP contribution in [-0.2, 0) is 10.7 Å². The summed E-state index contributed by atoms with van der Waals surface area (Å²) in [6.07, 6.45) is 5.05. The van der Waals surface area contributed by atoms with Crippen LogP contribution in [0.3, 0.4) is 0 Å². The van der Waals surface area contributed by atoms with E-state index in [0.717, 1.165) is 35.4 Å². The van der Waals surface area contributed by atoms with Gasteiger partial charge in [0.05, 0.1) is 6.61 Å². The van der Waals surface area contributed by atoms with E-state index in [-0.39, 0.29) is 0 Å². The predicted octanol–water partition coefficient (Wildman–Crippen LogP) is 10.0. The van der Waals surface area contributed by atoms with Crippen molar-refractivity contribution >= 4 is 31.9 Å². The molecule has 176 valence electrons. The number of halogens is 2. The van der Waals surface area contributed by atoms with E-state index in [0.29, 0.717) is 5.92 Å². The highest BCUT2D eigenvalue weighted by Gasteiger charge is 2.16. The van der Waals surface area contributed by atoms with Gasteiger partial charge in [-0.3, -0.25) is 0 Å². The minimum atomic E-state index is 0.713. The number of hydrogen-bond acceptors (Lipinski definition) is 1. The summed E-state index contributed by atoms with van der Waals surface area (Å²) < 4.78 is 6.09. The summed E-state index contributed by atoms with van der Waals surface area (Å²) >= 11 is 7.41. The van der Waals surface area contributed by atoms with Gasteiger partial charge in [-0.15, -0.1) is 0 Å². The molecule has 0 aromatic heterocycles. The van der Waals surface area contributed by atoms with Crippen molar-refractivity contribution in [1.82, 2.24) is 0 Å². The zero-order valence-corrected chi connectivity index (χ0v) is 23.3. The van der Waals surface area contributed by atoms with Crippen LogP contribution in [0.25, 0.3) is 22.3 Å². The minimum Gasteiger partial charge on any atom is -0.494 e. The Kier molecular flexibility index (Phi) is 10.5. The van der Waals surface area contributed by atoms with Crippen molar-refractivity contribution in [3.63, 3.8) is 0 Å². The van der Waals surface area contributed by atoms with Gasteiger partial charge in [0.1, 0.15) is 5.75 Å². The molecule has 1 unspecified atom stereocenters. The van der Waals surface area contributed by atoms with Crippen LogP contribution in [0.15, 0.2) is 66.7 Å².